The summed E-state index contributed by atoms with van der Waals surface area (Å²) in [5.74, 6) is 1.25. The van der Waals surface area contributed by atoms with E-state index in [4.69, 9.17) is 9.47 Å². The van der Waals surface area contributed by atoms with Crippen LogP contribution in [0.3, 0.4) is 0 Å². The molecule has 1 aliphatic heterocycles. The average molecular weight is 263 g/mol. The Hall–Kier alpha value is -2.01. The van der Waals surface area contributed by atoms with Gasteiger partial charge in [0.15, 0.2) is 11.5 Å². The Labute approximate surface area is 112 Å². The number of nitrogens with zero attached hydrogens (tertiary/aromatic N) is 1. The number of aliphatic hydroxyl groups excluding tert-OH is 1. The number of aliphatic hydroxyl groups is 1. The fraction of sp³-hybridized carbons (Fsp3) is 0.357. The minimum atomic E-state index is -0.534. The van der Waals surface area contributed by atoms with Crippen molar-refractivity contribution in [3.63, 3.8) is 0 Å². The maximum absolute atomic E-state index is 11.8. The highest BCUT2D eigenvalue weighted by molar-refractivity contribution is 5.91. The zero-order valence-corrected chi connectivity index (χ0v) is 11.0. The topological polar surface area (TPSA) is 59.0 Å². The SMILES string of the molecule is CC(O)CN(C)C(=O)C=Cc1ccc2c(c1)OCO2. The van der Waals surface area contributed by atoms with Crippen LogP contribution in [0.25, 0.3) is 6.08 Å². The fourth-order valence-electron chi connectivity index (χ4n) is 1.80. The molecule has 0 aliphatic carbocycles. The van der Waals surface area contributed by atoms with E-state index in [1.165, 1.54) is 11.0 Å². The van der Waals surface area contributed by atoms with E-state index in [1.807, 2.05) is 18.2 Å². The summed E-state index contributed by atoms with van der Waals surface area (Å²) >= 11 is 0. The van der Waals surface area contributed by atoms with Gasteiger partial charge in [0.05, 0.1) is 6.10 Å². The number of ether oxygens (including phenoxy) is 2. The number of hydrogen-bond donors (Lipinski definition) is 1. The van der Waals surface area contributed by atoms with Gasteiger partial charge in [0, 0.05) is 19.7 Å². The molecule has 0 spiro atoms. The van der Waals surface area contributed by atoms with Crippen molar-refractivity contribution >= 4 is 12.0 Å². The van der Waals surface area contributed by atoms with Crippen LogP contribution in [0.2, 0.25) is 0 Å². The first-order chi connectivity index (χ1) is 9.06. The third-order valence-corrected chi connectivity index (χ3v) is 2.73. The average Bonchev–Trinajstić information content (AvgIpc) is 2.82. The van der Waals surface area contributed by atoms with E-state index in [0.717, 1.165) is 11.3 Å². The highest BCUT2D eigenvalue weighted by Crippen LogP contribution is 2.32. The van der Waals surface area contributed by atoms with Gasteiger partial charge in [-0.1, -0.05) is 6.07 Å². The molecule has 2 rings (SSSR count). The van der Waals surface area contributed by atoms with E-state index in [-0.39, 0.29) is 12.7 Å². The van der Waals surface area contributed by atoms with Crippen molar-refractivity contribution in [2.24, 2.45) is 0 Å². The second-order valence-electron chi connectivity index (χ2n) is 4.51. The molecule has 0 saturated heterocycles. The maximum Gasteiger partial charge on any atom is 0.246 e. The molecule has 1 N–H and O–H groups in total. The molecule has 0 fully saturated rings. The molecule has 0 aromatic heterocycles. The first kappa shape index (κ1) is 13.4. The van der Waals surface area contributed by atoms with Crippen LogP contribution in [0.1, 0.15) is 12.5 Å². The van der Waals surface area contributed by atoms with Crippen molar-refractivity contribution in [2.45, 2.75) is 13.0 Å². The molecule has 0 radical (unpaired) electrons. The van der Waals surface area contributed by atoms with Gasteiger partial charge >= 0.3 is 0 Å². The van der Waals surface area contributed by atoms with Crippen molar-refractivity contribution in [3.05, 3.63) is 29.8 Å². The molecule has 1 amide bonds. The van der Waals surface area contributed by atoms with Gasteiger partial charge in [-0.05, 0) is 30.7 Å². The predicted octanol–water partition coefficient (Wildman–Crippen LogP) is 1.27. The van der Waals surface area contributed by atoms with Crippen molar-refractivity contribution in [1.29, 1.82) is 0 Å². The molecule has 1 aromatic carbocycles. The Balaban J connectivity index is 2.00. The molecule has 19 heavy (non-hydrogen) atoms. The van der Waals surface area contributed by atoms with Crippen LogP contribution in [-0.4, -0.2) is 42.4 Å². The number of fused-ring (bicyclic) bond motifs is 1. The monoisotopic (exact) mass is 263 g/mol. The molecule has 1 aromatic rings. The van der Waals surface area contributed by atoms with Crippen LogP contribution in [0.15, 0.2) is 24.3 Å². The molecule has 0 saturated carbocycles. The lowest BCUT2D eigenvalue weighted by molar-refractivity contribution is -0.125. The van der Waals surface area contributed by atoms with Crippen LogP contribution in [0, 0.1) is 0 Å². The van der Waals surface area contributed by atoms with E-state index in [1.54, 1.807) is 20.0 Å². The van der Waals surface area contributed by atoms with Crippen molar-refractivity contribution < 1.29 is 19.4 Å². The maximum atomic E-state index is 11.8. The Morgan fingerprint density at radius 2 is 2.21 bits per heavy atom. The van der Waals surface area contributed by atoms with E-state index >= 15 is 0 Å². The van der Waals surface area contributed by atoms with E-state index in [9.17, 15) is 9.90 Å². The number of hydrogen-bond acceptors (Lipinski definition) is 4. The summed E-state index contributed by atoms with van der Waals surface area (Å²) in [5, 5.41) is 9.21. The zero-order chi connectivity index (χ0) is 13.8. The summed E-state index contributed by atoms with van der Waals surface area (Å²) in [7, 11) is 1.65. The number of carbonyl (C=O) groups is 1. The van der Waals surface area contributed by atoms with Crippen molar-refractivity contribution in [1.82, 2.24) is 4.90 Å². The van der Waals surface area contributed by atoms with Crippen molar-refractivity contribution in [3.8, 4) is 11.5 Å². The number of benzene rings is 1. The number of carbonyl (C=O) groups excluding carboxylic acids is 1. The predicted molar refractivity (Wildman–Crippen MR) is 70.9 cm³/mol. The second kappa shape index (κ2) is 5.75. The molecular formula is C14H17NO4. The summed E-state index contributed by atoms with van der Waals surface area (Å²) in [6.07, 6.45) is 2.65. The Bertz CT molecular complexity index is 496. The van der Waals surface area contributed by atoms with Crippen LogP contribution in [-0.2, 0) is 4.79 Å². The van der Waals surface area contributed by atoms with Crippen LogP contribution >= 0.6 is 0 Å². The Morgan fingerprint density at radius 3 is 2.95 bits per heavy atom. The van der Waals surface area contributed by atoms with Gasteiger partial charge in [-0.15, -0.1) is 0 Å². The molecule has 5 heteroatoms. The zero-order valence-electron chi connectivity index (χ0n) is 11.0. The summed E-state index contributed by atoms with van der Waals surface area (Å²) in [5.41, 5.74) is 0.864. The lowest BCUT2D eigenvalue weighted by Crippen LogP contribution is -2.31. The first-order valence-electron chi connectivity index (χ1n) is 6.07. The summed E-state index contributed by atoms with van der Waals surface area (Å²) in [6, 6.07) is 5.48. The highest BCUT2D eigenvalue weighted by Gasteiger charge is 2.12. The summed E-state index contributed by atoms with van der Waals surface area (Å²) in [4.78, 5) is 13.2. The molecule has 5 nitrogen and oxygen atoms in total. The molecule has 1 unspecified atom stereocenters. The lowest BCUT2D eigenvalue weighted by Gasteiger charge is -2.16. The molecule has 0 bridgehead atoms. The third-order valence-electron chi connectivity index (χ3n) is 2.73. The van der Waals surface area contributed by atoms with Gasteiger partial charge in [-0.3, -0.25) is 4.79 Å². The minimum absolute atomic E-state index is 0.154. The smallest absolute Gasteiger partial charge is 0.246 e. The van der Waals surface area contributed by atoms with E-state index < -0.39 is 6.10 Å². The normalized spacial score (nSPS) is 14.7. The third kappa shape index (κ3) is 3.48. The Morgan fingerprint density at radius 1 is 1.47 bits per heavy atom. The number of amides is 1. The molecule has 1 aliphatic rings. The van der Waals surface area contributed by atoms with Gasteiger partial charge in [0.1, 0.15) is 0 Å². The van der Waals surface area contributed by atoms with Gasteiger partial charge in [0.2, 0.25) is 12.7 Å². The summed E-state index contributed by atoms with van der Waals surface area (Å²) < 4.78 is 10.5. The van der Waals surface area contributed by atoms with Crippen LogP contribution in [0.5, 0.6) is 11.5 Å². The van der Waals surface area contributed by atoms with E-state index in [2.05, 4.69) is 0 Å². The molecule has 102 valence electrons. The first-order valence-corrected chi connectivity index (χ1v) is 6.07. The summed E-state index contributed by atoms with van der Waals surface area (Å²) in [6.45, 7) is 2.19. The van der Waals surface area contributed by atoms with Crippen LogP contribution < -0.4 is 9.47 Å². The van der Waals surface area contributed by atoms with Gasteiger partial charge in [-0.25, -0.2) is 0 Å². The Kier molecular flexibility index (Phi) is 4.06. The largest absolute Gasteiger partial charge is 0.454 e. The standard InChI is InChI=1S/C14H17NO4/c1-10(16)8-15(2)14(17)6-4-11-3-5-12-13(7-11)19-9-18-12/h3-7,10,16H,8-9H2,1-2H3. The quantitative estimate of drug-likeness (QED) is 0.831. The number of rotatable bonds is 4. The second-order valence-corrected chi connectivity index (χ2v) is 4.51. The molecule has 1 heterocycles. The minimum Gasteiger partial charge on any atom is -0.454 e. The highest BCUT2D eigenvalue weighted by atomic mass is 16.7. The van der Waals surface area contributed by atoms with Gasteiger partial charge in [-0.2, -0.15) is 0 Å². The number of likely N-dealkylation sites (N-methyl/N-ethyl adjacent to an activating group) is 1. The van der Waals surface area contributed by atoms with Crippen molar-refractivity contribution in [2.75, 3.05) is 20.4 Å². The molecular weight excluding hydrogens is 246 g/mol. The lowest BCUT2D eigenvalue weighted by atomic mass is 10.2. The van der Waals surface area contributed by atoms with E-state index in [0.29, 0.717) is 12.3 Å². The fourth-order valence-corrected chi connectivity index (χ4v) is 1.80. The van der Waals surface area contributed by atoms with Crippen LogP contribution in [0.4, 0.5) is 0 Å². The molecule has 1 atom stereocenters. The van der Waals surface area contributed by atoms with Gasteiger partial charge in [0.25, 0.3) is 0 Å². The van der Waals surface area contributed by atoms with Gasteiger partial charge < -0.3 is 19.5 Å².